The summed E-state index contributed by atoms with van der Waals surface area (Å²) in [6, 6.07) is 16.6. The summed E-state index contributed by atoms with van der Waals surface area (Å²) < 4.78 is 5.22. The first-order chi connectivity index (χ1) is 12.7. The molecule has 2 aliphatic heterocycles. The van der Waals surface area contributed by atoms with Crippen molar-refractivity contribution in [1.29, 1.82) is 0 Å². The van der Waals surface area contributed by atoms with E-state index in [2.05, 4.69) is 17.0 Å². The number of imide groups is 1. The minimum absolute atomic E-state index is 0.166. The number of benzene rings is 2. The Bertz CT molecular complexity index is 824. The van der Waals surface area contributed by atoms with E-state index in [1.165, 1.54) is 10.5 Å². The lowest BCUT2D eigenvalue weighted by Gasteiger charge is -2.35. The molecular weight excluding hydrogens is 330 g/mol. The van der Waals surface area contributed by atoms with Crippen molar-refractivity contribution in [1.82, 2.24) is 9.80 Å². The maximum atomic E-state index is 12.9. The highest BCUT2D eigenvalue weighted by Crippen LogP contribution is 2.30. The lowest BCUT2D eigenvalue weighted by atomic mass is 10.1. The molecule has 6 heteroatoms. The maximum absolute atomic E-state index is 12.9. The number of methoxy groups -OCH3 is 1. The van der Waals surface area contributed by atoms with Crippen molar-refractivity contribution in [3.8, 4) is 5.75 Å². The Morgan fingerprint density at radius 3 is 2.62 bits per heavy atom. The molecule has 0 saturated carbocycles. The monoisotopic (exact) mass is 351 g/mol. The Morgan fingerprint density at radius 1 is 1.04 bits per heavy atom. The maximum Gasteiger partial charge on any atom is 0.332 e. The third-order valence-corrected chi connectivity index (χ3v) is 4.97. The van der Waals surface area contributed by atoms with Gasteiger partial charge in [0, 0.05) is 32.2 Å². The molecule has 3 amide bonds. The summed E-state index contributed by atoms with van der Waals surface area (Å²) in [7, 11) is 1.57. The van der Waals surface area contributed by atoms with Crippen molar-refractivity contribution in [3.63, 3.8) is 0 Å². The molecule has 1 atom stereocenters. The van der Waals surface area contributed by atoms with Gasteiger partial charge in [0.2, 0.25) is 0 Å². The van der Waals surface area contributed by atoms with Gasteiger partial charge in [-0.3, -0.25) is 9.69 Å². The van der Waals surface area contributed by atoms with Crippen LogP contribution in [0.15, 0.2) is 54.6 Å². The average Bonchev–Trinajstić information content (AvgIpc) is 2.93. The molecule has 1 unspecified atom stereocenters. The molecule has 2 fully saturated rings. The molecule has 2 aliphatic rings. The van der Waals surface area contributed by atoms with Gasteiger partial charge in [-0.05, 0) is 17.7 Å². The van der Waals surface area contributed by atoms with Crippen LogP contribution >= 0.6 is 0 Å². The van der Waals surface area contributed by atoms with Gasteiger partial charge in [0.25, 0.3) is 5.91 Å². The molecule has 4 rings (SSSR count). The SMILES string of the molecule is COc1cccc(N2C(=O)C3CN(Cc4ccccc4)CCN3C2=O)c1. The molecule has 134 valence electrons. The third-order valence-electron chi connectivity index (χ3n) is 4.97. The molecule has 0 aliphatic carbocycles. The first-order valence-corrected chi connectivity index (χ1v) is 8.72. The third kappa shape index (κ3) is 2.93. The number of ether oxygens (including phenoxy) is 1. The van der Waals surface area contributed by atoms with E-state index in [0.717, 1.165) is 13.1 Å². The number of urea groups is 1. The molecule has 2 saturated heterocycles. The second kappa shape index (κ2) is 6.80. The summed E-state index contributed by atoms with van der Waals surface area (Å²) >= 11 is 0. The molecule has 26 heavy (non-hydrogen) atoms. The van der Waals surface area contributed by atoms with Crippen LogP contribution in [0.4, 0.5) is 10.5 Å². The van der Waals surface area contributed by atoms with Gasteiger partial charge >= 0.3 is 6.03 Å². The molecule has 6 nitrogen and oxygen atoms in total. The fourth-order valence-corrected chi connectivity index (χ4v) is 3.62. The predicted molar refractivity (Wildman–Crippen MR) is 98.1 cm³/mol. The van der Waals surface area contributed by atoms with E-state index < -0.39 is 6.04 Å². The van der Waals surface area contributed by atoms with Crippen molar-refractivity contribution < 1.29 is 14.3 Å². The minimum atomic E-state index is -0.425. The molecule has 2 heterocycles. The van der Waals surface area contributed by atoms with Gasteiger partial charge in [0.15, 0.2) is 0 Å². The summed E-state index contributed by atoms with van der Waals surface area (Å²) in [4.78, 5) is 30.9. The van der Waals surface area contributed by atoms with Crippen LogP contribution in [0.1, 0.15) is 5.56 Å². The number of piperazine rings is 1. The summed E-state index contributed by atoms with van der Waals surface area (Å²) in [6.45, 7) is 2.66. The molecular formula is C20H21N3O3. The molecule has 2 aromatic carbocycles. The fourth-order valence-electron chi connectivity index (χ4n) is 3.62. The lowest BCUT2D eigenvalue weighted by Crippen LogP contribution is -2.52. The Kier molecular flexibility index (Phi) is 4.34. The summed E-state index contributed by atoms with van der Waals surface area (Å²) in [5.41, 5.74) is 1.77. The van der Waals surface area contributed by atoms with Crippen LogP contribution < -0.4 is 9.64 Å². The van der Waals surface area contributed by atoms with Gasteiger partial charge < -0.3 is 9.64 Å². The highest BCUT2D eigenvalue weighted by Gasteiger charge is 2.48. The molecule has 0 spiro atoms. The number of nitrogens with zero attached hydrogens (tertiary/aromatic N) is 3. The topological polar surface area (TPSA) is 53.1 Å². The molecule has 0 aromatic heterocycles. The number of hydrogen-bond acceptors (Lipinski definition) is 4. The molecule has 0 N–H and O–H groups in total. The van der Waals surface area contributed by atoms with Gasteiger partial charge in [-0.25, -0.2) is 9.69 Å². The standard InChI is InChI=1S/C20H21N3O3/c1-26-17-9-5-8-16(12-17)23-19(24)18-14-21(10-11-22(18)20(23)25)13-15-6-3-2-4-7-15/h2-9,12,18H,10-11,13-14H2,1H3. The lowest BCUT2D eigenvalue weighted by molar-refractivity contribution is -0.121. The van der Waals surface area contributed by atoms with Crippen molar-refractivity contribution in [2.75, 3.05) is 31.6 Å². The largest absolute Gasteiger partial charge is 0.497 e. The van der Waals surface area contributed by atoms with Crippen molar-refractivity contribution in [3.05, 3.63) is 60.2 Å². The Balaban J connectivity index is 1.53. The van der Waals surface area contributed by atoms with E-state index in [0.29, 0.717) is 24.5 Å². The number of amides is 3. The highest BCUT2D eigenvalue weighted by atomic mass is 16.5. The van der Waals surface area contributed by atoms with E-state index in [-0.39, 0.29) is 11.9 Å². The number of hydrogen-bond donors (Lipinski definition) is 0. The van der Waals surface area contributed by atoms with Crippen molar-refractivity contribution >= 4 is 17.6 Å². The predicted octanol–water partition coefficient (Wildman–Crippen LogP) is 2.35. The van der Waals surface area contributed by atoms with Crippen LogP contribution in [0.5, 0.6) is 5.75 Å². The molecule has 0 bridgehead atoms. The first kappa shape index (κ1) is 16.6. The van der Waals surface area contributed by atoms with Gasteiger partial charge in [-0.1, -0.05) is 36.4 Å². The highest BCUT2D eigenvalue weighted by molar-refractivity contribution is 6.21. The summed E-state index contributed by atoms with van der Waals surface area (Å²) in [6.07, 6.45) is 0. The minimum Gasteiger partial charge on any atom is -0.497 e. The summed E-state index contributed by atoms with van der Waals surface area (Å²) in [5.74, 6) is 0.458. The quantitative estimate of drug-likeness (QED) is 0.794. The van der Waals surface area contributed by atoms with Crippen molar-refractivity contribution in [2.45, 2.75) is 12.6 Å². The van der Waals surface area contributed by atoms with Crippen LogP contribution in [0, 0.1) is 0 Å². The Hall–Kier alpha value is -2.86. The fraction of sp³-hybridized carbons (Fsp3) is 0.300. The first-order valence-electron chi connectivity index (χ1n) is 8.72. The Labute approximate surface area is 152 Å². The van der Waals surface area contributed by atoms with Gasteiger partial charge in [-0.2, -0.15) is 0 Å². The summed E-state index contributed by atoms with van der Waals surface area (Å²) in [5, 5.41) is 0. The smallest absolute Gasteiger partial charge is 0.332 e. The molecule has 2 aromatic rings. The van der Waals surface area contributed by atoms with Crippen LogP contribution in [0.3, 0.4) is 0 Å². The second-order valence-electron chi connectivity index (χ2n) is 6.59. The number of anilines is 1. The van der Waals surface area contributed by atoms with E-state index >= 15 is 0 Å². The Morgan fingerprint density at radius 2 is 1.85 bits per heavy atom. The van der Waals surface area contributed by atoms with Crippen molar-refractivity contribution in [2.24, 2.45) is 0 Å². The normalized spacial score (nSPS) is 20.4. The van der Waals surface area contributed by atoms with Crippen LogP contribution in [-0.4, -0.2) is 54.5 Å². The van der Waals surface area contributed by atoms with E-state index in [9.17, 15) is 9.59 Å². The number of fused-ring (bicyclic) bond motifs is 1. The average molecular weight is 351 g/mol. The number of carbonyl (C=O) groups excluding carboxylic acids is 2. The van der Waals surface area contributed by atoms with E-state index in [1.54, 1.807) is 36.3 Å². The molecule has 0 radical (unpaired) electrons. The second-order valence-corrected chi connectivity index (χ2v) is 6.59. The number of rotatable bonds is 4. The van der Waals surface area contributed by atoms with E-state index in [1.807, 2.05) is 18.2 Å². The van der Waals surface area contributed by atoms with E-state index in [4.69, 9.17) is 4.74 Å². The van der Waals surface area contributed by atoms with Crippen LogP contribution in [-0.2, 0) is 11.3 Å². The zero-order chi connectivity index (χ0) is 18.1. The zero-order valence-electron chi connectivity index (χ0n) is 14.7. The van der Waals surface area contributed by atoms with Gasteiger partial charge in [-0.15, -0.1) is 0 Å². The zero-order valence-corrected chi connectivity index (χ0v) is 14.7. The van der Waals surface area contributed by atoms with Crippen LogP contribution in [0.25, 0.3) is 0 Å². The number of carbonyl (C=O) groups is 2. The van der Waals surface area contributed by atoms with Gasteiger partial charge in [0.1, 0.15) is 11.8 Å². The van der Waals surface area contributed by atoms with Gasteiger partial charge in [0.05, 0.1) is 12.8 Å². The van der Waals surface area contributed by atoms with Crippen LogP contribution in [0.2, 0.25) is 0 Å².